The van der Waals surface area contributed by atoms with E-state index in [1.807, 2.05) is 0 Å². The molecule has 20 heavy (non-hydrogen) atoms. The number of phenolic OH excluding ortho intramolecular Hbond substituents is 1. The molecule has 5 nitrogen and oxygen atoms in total. The highest BCUT2D eigenvalue weighted by Gasteiger charge is 2.32. The number of rotatable bonds is 2. The molecular weight excluding hydrogens is 324 g/mol. The largest absolute Gasteiger partial charge is 0.507 e. The number of nitrogens with zero attached hydrogens (tertiary/aromatic N) is 1. The maximum absolute atomic E-state index is 12.5. The summed E-state index contributed by atoms with van der Waals surface area (Å²) in [5, 5.41) is 12.3. The zero-order valence-corrected chi connectivity index (χ0v) is 12.8. The molecule has 1 heterocycles. The molecule has 1 saturated heterocycles. The number of aromatic hydroxyl groups is 1. The van der Waals surface area contributed by atoms with Crippen LogP contribution in [0.25, 0.3) is 0 Å². The second-order valence-electron chi connectivity index (χ2n) is 4.79. The summed E-state index contributed by atoms with van der Waals surface area (Å²) >= 11 is 3.18. The molecule has 1 unspecified atom stereocenters. The normalized spacial score (nSPS) is 18.7. The summed E-state index contributed by atoms with van der Waals surface area (Å²) in [7, 11) is 1.57. The Hall–Kier alpha value is -1.56. The molecule has 108 valence electrons. The van der Waals surface area contributed by atoms with Crippen molar-refractivity contribution in [2.24, 2.45) is 0 Å². The van der Waals surface area contributed by atoms with E-state index in [4.69, 9.17) is 0 Å². The summed E-state index contributed by atoms with van der Waals surface area (Å²) in [5.74, 6) is -0.343. The van der Waals surface area contributed by atoms with E-state index in [0.717, 1.165) is 12.8 Å². The molecule has 1 fully saturated rings. The van der Waals surface area contributed by atoms with Crippen molar-refractivity contribution in [1.82, 2.24) is 10.2 Å². The molecule has 1 aliphatic rings. The average molecular weight is 341 g/mol. The lowest BCUT2D eigenvalue weighted by molar-refractivity contribution is -0.126. The molecule has 0 radical (unpaired) electrons. The van der Waals surface area contributed by atoms with Crippen molar-refractivity contribution in [3.63, 3.8) is 0 Å². The summed E-state index contributed by atoms with van der Waals surface area (Å²) in [6.45, 7) is 0.563. The number of carbonyl (C=O) groups is 2. The van der Waals surface area contributed by atoms with E-state index in [1.54, 1.807) is 24.1 Å². The first-order valence-electron chi connectivity index (χ1n) is 6.55. The van der Waals surface area contributed by atoms with Gasteiger partial charge >= 0.3 is 0 Å². The Morgan fingerprint density at radius 2 is 2.15 bits per heavy atom. The van der Waals surface area contributed by atoms with Gasteiger partial charge in [-0.3, -0.25) is 9.59 Å². The smallest absolute Gasteiger partial charge is 0.254 e. The van der Waals surface area contributed by atoms with Crippen LogP contribution >= 0.6 is 15.9 Å². The van der Waals surface area contributed by atoms with E-state index in [9.17, 15) is 14.7 Å². The van der Waals surface area contributed by atoms with E-state index in [0.29, 0.717) is 23.0 Å². The third-order valence-electron chi connectivity index (χ3n) is 3.51. The number of nitrogens with one attached hydrogen (secondary N) is 1. The number of hydrogen-bond donors (Lipinski definition) is 2. The number of hydrogen-bond acceptors (Lipinski definition) is 3. The summed E-state index contributed by atoms with van der Waals surface area (Å²) in [4.78, 5) is 26.0. The van der Waals surface area contributed by atoms with Gasteiger partial charge in [0.25, 0.3) is 5.91 Å². The van der Waals surface area contributed by atoms with E-state index in [2.05, 4.69) is 21.2 Å². The van der Waals surface area contributed by atoms with Gasteiger partial charge in [-0.1, -0.05) is 0 Å². The molecule has 2 amide bonds. The van der Waals surface area contributed by atoms with E-state index >= 15 is 0 Å². The predicted octanol–water partition coefficient (Wildman–Crippen LogP) is 1.90. The minimum Gasteiger partial charge on any atom is -0.507 e. The average Bonchev–Trinajstić information content (AvgIpc) is 2.48. The highest BCUT2D eigenvalue weighted by molar-refractivity contribution is 9.10. The number of phenols is 1. The van der Waals surface area contributed by atoms with E-state index in [-0.39, 0.29) is 17.6 Å². The maximum atomic E-state index is 12.5. The molecular formula is C14H17BrN2O3. The van der Waals surface area contributed by atoms with Crippen LogP contribution in [0.1, 0.15) is 29.6 Å². The zero-order chi connectivity index (χ0) is 14.7. The van der Waals surface area contributed by atoms with Gasteiger partial charge in [-0.05, 0) is 53.4 Å². The molecule has 0 aliphatic carbocycles. The van der Waals surface area contributed by atoms with Crippen molar-refractivity contribution in [2.45, 2.75) is 25.3 Å². The molecule has 1 aromatic rings. The molecule has 0 aromatic heterocycles. The monoisotopic (exact) mass is 340 g/mol. The van der Waals surface area contributed by atoms with E-state index < -0.39 is 6.04 Å². The number of amides is 2. The Kier molecular flexibility index (Phi) is 4.65. The van der Waals surface area contributed by atoms with Crippen LogP contribution in [0.5, 0.6) is 5.75 Å². The lowest BCUT2D eigenvalue weighted by Crippen LogP contribution is -2.51. The maximum Gasteiger partial charge on any atom is 0.254 e. The van der Waals surface area contributed by atoms with Gasteiger partial charge in [-0.2, -0.15) is 0 Å². The number of likely N-dealkylation sites (tertiary alicyclic amines) is 1. The summed E-state index contributed by atoms with van der Waals surface area (Å²) in [6, 6.07) is 4.26. The van der Waals surface area contributed by atoms with Gasteiger partial charge in [0, 0.05) is 19.2 Å². The number of likely N-dealkylation sites (N-methyl/N-ethyl adjacent to an activating group) is 1. The molecule has 0 bridgehead atoms. The van der Waals surface area contributed by atoms with Crippen molar-refractivity contribution in [1.29, 1.82) is 0 Å². The predicted molar refractivity (Wildman–Crippen MR) is 78.5 cm³/mol. The van der Waals surface area contributed by atoms with Crippen LogP contribution in [0.15, 0.2) is 22.7 Å². The number of halogens is 1. The Labute approximate surface area is 126 Å². The fraction of sp³-hybridized carbons (Fsp3) is 0.429. The van der Waals surface area contributed by atoms with Gasteiger partial charge in [0.05, 0.1) is 4.47 Å². The van der Waals surface area contributed by atoms with Crippen LogP contribution in [0, 0.1) is 0 Å². The standard InChI is InChI=1S/C14H17BrN2O3/c1-16-13(19)11-4-2-3-7-17(11)14(20)9-5-6-10(15)12(18)8-9/h5-6,8,11,18H,2-4,7H2,1H3,(H,16,19). The van der Waals surface area contributed by atoms with Crippen LogP contribution in [0.3, 0.4) is 0 Å². The van der Waals surface area contributed by atoms with Crippen molar-refractivity contribution in [3.05, 3.63) is 28.2 Å². The van der Waals surface area contributed by atoms with Crippen LogP contribution in [-0.2, 0) is 4.79 Å². The molecule has 1 atom stereocenters. The molecule has 1 aromatic carbocycles. The fourth-order valence-corrected chi connectivity index (χ4v) is 2.67. The molecule has 0 saturated carbocycles. The third-order valence-corrected chi connectivity index (χ3v) is 4.18. The highest BCUT2D eigenvalue weighted by atomic mass is 79.9. The molecule has 1 aliphatic heterocycles. The SMILES string of the molecule is CNC(=O)C1CCCCN1C(=O)c1ccc(Br)c(O)c1. The van der Waals surface area contributed by atoms with Crippen molar-refractivity contribution in [2.75, 3.05) is 13.6 Å². The van der Waals surface area contributed by atoms with Gasteiger partial charge in [0.15, 0.2) is 0 Å². The van der Waals surface area contributed by atoms with Gasteiger partial charge < -0.3 is 15.3 Å². The Balaban J connectivity index is 2.25. The Morgan fingerprint density at radius 1 is 1.40 bits per heavy atom. The van der Waals surface area contributed by atoms with Crippen LogP contribution in [0.2, 0.25) is 0 Å². The number of benzene rings is 1. The van der Waals surface area contributed by atoms with Crippen molar-refractivity contribution >= 4 is 27.7 Å². The molecule has 0 spiro atoms. The van der Waals surface area contributed by atoms with E-state index in [1.165, 1.54) is 6.07 Å². The summed E-state index contributed by atoms with van der Waals surface area (Å²) in [6.07, 6.45) is 2.50. The first kappa shape index (κ1) is 14.8. The lowest BCUT2D eigenvalue weighted by atomic mass is 10.00. The second kappa shape index (κ2) is 6.26. The Bertz CT molecular complexity index is 533. The third kappa shape index (κ3) is 2.95. The van der Waals surface area contributed by atoms with Crippen molar-refractivity contribution < 1.29 is 14.7 Å². The second-order valence-corrected chi connectivity index (χ2v) is 5.64. The van der Waals surface area contributed by atoms with Crippen LogP contribution < -0.4 is 5.32 Å². The first-order chi connectivity index (χ1) is 9.54. The topological polar surface area (TPSA) is 69.6 Å². The summed E-state index contributed by atoms with van der Waals surface area (Å²) < 4.78 is 0.538. The van der Waals surface area contributed by atoms with Crippen LogP contribution in [0.4, 0.5) is 0 Å². The molecule has 6 heteroatoms. The van der Waals surface area contributed by atoms with Crippen LogP contribution in [-0.4, -0.2) is 41.5 Å². The van der Waals surface area contributed by atoms with Gasteiger partial charge in [-0.15, -0.1) is 0 Å². The quantitative estimate of drug-likeness (QED) is 0.863. The van der Waals surface area contributed by atoms with Gasteiger partial charge in [0.1, 0.15) is 11.8 Å². The first-order valence-corrected chi connectivity index (χ1v) is 7.35. The molecule has 2 rings (SSSR count). The fourth-order valence-electron chi connectivity index (χ4n) is 2.43. The number of piperidine rings is 1. The highest BCUT2D eigenvalue weighted by Crippen LogP contribution is 2.26. The van der Waals surface area contributed by atoms with Crippen molar-refractivity contribution in [3.8, 4) is 5.75 Å². The number of carbonyl (C=O) groups excluding carboxylic acids is 2. The minimum absolute atomic E-state index is 0.0179. The summed E-state index contributed by atoms with van der Waals surface area (Å²) in [5.41, 5.74) is 0.390. The van der Waals surface area contributed by atoms with Gasteiger partial charge in [-0.25, -0.2) is 0 Å². The van der Waals surface area contributed by atoms with Gasteiger partial charge in [0.2, 0.25) is 5.91 Å². The minimum atomic E-state index is -0.424. The lowest BCUT2D eigenvalue weighted by Gasteiger charge is -2.34. The molecule has 2 N–H and O–H groups in total. The zero-order valence-electron chi connectivity index (χ0n) is 11.2. The Morgan fingerprint density at radius 3 is 2.80 bits per heavy atom.